The third-order valence-corrected chi connectivity index (χ3v) is 3.38. The van der Waals surface area contributed by atoms with E-state index in [-0.39, 0.29) is 0 Å². The number of rotatable bonds is 4. The topological polar surface area (TPSA) is 38.7 Å². The number of terminal acetylenes is 1. The predicted octanol–water partition coefficient (Wildman–Crippen LogP) is 3.53. The van der Waals surface area contributed by atoms with Crippen molar-refractivity contribution in [1.29, 1.82) is 0 Å². The summed E-state index contributed by atoms with van der Waals surface area (Å²) >= 11 is 0. The van der Waals surface area contributed by atoms with Gasteiger partial charge in [0.2, 0.25) is 5.54 Å². The molecule has 3 heteroatoms. The van der Waals surface area contributed by atoms with Gasteiger partial charge in [0.25, 0.3) is 0 Å². The van der Waals surface area contributed by atoms with Crippen molar-refractivity contribution in [3.8, 4) is 12.3 Å². The lowest BCUT2D eigenvalue weighted by Crippen LogP contribution is -2.25. The van der Waals surface area contributed by atoms with E-state index >= 15 is 0 Å². The number of nitroso groups, excluding NO2 is 1. The second-order valence-electron chi connectivity index (χ2n) is 4.34. The number of ether oxygens (including phenoxy) is 1. The van der Waals surface area contributed by atoms with Gasteiger partial charge >= 0.3 is 0 Å². The molecule has 0 aromatic heterocycles. The lowest BCUT2D eigenvalue weighted by molar-refractivity contribution is 0.274. The molecule has 19 heavy (non-hydrogen) atoms. The molecule has 0 saturated carbocycles. The molecular formula is C16H15NO2. The maximum Gasteiger partial charge on any atom is 0.208 e. The van der Waals surface area contributed by atoms with E-state index in [1.807, 2.05) is 42.5 Å². The SMILES string of the molecule is C#CC(N=O)(C1=CC=C(OC)CC1)c1ccccc1. The Kier molecular flexibility index (Phi) is 3.82. The normalized spacial score (nSPS) is 17.5. The van der Waals surface area contributed by atoms with Gasteiger partial charge < -0.3 is 4.74 Å². The van der Waals surface area contributed by atoms with Crippen LogP contribution in [-0.4, -0.2) is 7.11 Å². The van der Waals surface area contributed by atoms with E-state index in [0.717, 1.165) is 23.3 Å². The van der Waals surface area contributed by atoms with Crippen LogP contribution < -0.4 is 0 Å². The van der Waals surface area contributed by atoms with E-state index in [9.17, 15) is 4.91 Å². The van der Waals surface area contributed by atoms with Crippen LogP contribution >= 0.6 is 0 Å². The molecule has 1 unspecified atom stereocenters. The Labute approximate surface area is 113 Å². The van der Waals surface area contributed by atoms with Gasteiger partial charge in [-0.3, -0.25) is 0 Å². The standard InChI is InChI=1S/C16H15NO2/c1-3-16(17-18,13-7-5-4-6-8-13)14-9-11-15(19-2)12-10-14/h1,4-9,11H,10,12H2,2H3. The molecule has 1 atom stereocenters. The first-order valence-electron chi connectivity index (χ1n) is 6.09. The van der Waals surface area contributed by atoms with Gasteiger partial charge in [-0.15, -0.1) is 11.3 Å². The summed E-state index contributed by atoms with van der Waals surface area (Å²) in [5, 5.41) is 3.26. The minimum atomic E-state index is -1.21. The molecule has 1 aromatic carbocycles. The van der Waals surface area contributed by atoms with E-state index < -0.39 is 5.54 Å². The first-order chi connectivity index (χ1) is 9.26. The molecule has 2 rings (SSSR count). The van der Waals surface area contributed by atoms with Crippen LogP contribution in [0, 0.1) is 17.3 Å². The number of methoxy groups -OCH3 is 1. The van der Waals surface area contributed by atoms with Crippen LogP contribution in [0.5, 0.6) is 0 Å². The van der Waals surface area contributed by atoms with Gasteiger partial charge in [0, 0.05) is 6.42 Å². The Morgan fingerprint density at radius 1 is 1.26 bits per heavy atom. The summed E-state index contributed by atoms with van der Waals surface area (Å²) in [5.41, 5.74) is 0.349. The smallest absolute Gasteiger partial charge is 0.208 e. The first-order valence-corrected chi connectivity index (χ1v) is 6.09. The average Bonchev–Trinajstić information content (AvgIpc) is 2.51. The Bertz CT molecular complexity index is 566. The number of nitrogens with zero attached hydrogens (tertiary/aromatic N) is 1. The van der Waals surface area contributed by atoms with Crippen LogP contribution in [0.1, 0.15) is 18.4 Å². The highest BCUT2D eigenvalue weighted by Crippen LogP contribution is 2.38. The monoisotopic (exact) mass is 253 g/mol. The van der Waals surface area contributed by atoms with Crippen molar-refractivity contribution in [1.82, 2.24) is 0 Å². The third-order valence-electron chi connectivity index (χ3n) is 3.38. The van der Waals surface area contributed by atoms with Gasteiger partial charge in [-0.2, -0.15) is 0 Å². The molecule has 3 nitrogen and oxygen atoms in total. The van der Waals surface area contributed by atoms with Gasteiger partial charge in [-0.25, -0.2) is 0 Å². The minimum Gasteiger partial charge on any atom is -0.501 e. The van der Waals surface area contributed by atoms with Gasteiger partial charge in [-0.05, 0) is 28.8 Å². The lowest BCUT2D eigenvalue weighted by atomic mass is 9.80. The molecule has 0 aliphatic heterocycles. The summed E-state index contributed by atoms with van der Waals surface area (Å²) < 4.78 is 5.18. The number of hydrogen-bond donors (Lipinski definition) is 0. The Morgan fingerprint density at radius 2 is 2.00 bits per heavy atom. The van der Waals surface area contributed by atoms with Gasteiger partial charge in [0.1, 0.15) is 0 Å². The summed E-state index contributed by atoms with van der Waals surface area (Å²) in [5.74, 6) is 3.45. The number of hydrogen-bond acceptors (Lipinski definition) is 3. The summed E-state index contributed by atoms with van der Waals surface area (Å²) in [6.45, 7) is 0. The van der Waals surface area contributed by atoms with E-state index in [1.54, 1.807) is 7.11 Å². The molecule has 0 spiro atoms. The highest BCUT2D eigenvalue weighted by atomic mass is 16.5. The van der Waals surface area contributed by atoms with Crippen LogP contribution in [-0.2, 0) is 10.3 Å². The van der Waals surface area contributed by atoms with E-state index in [0.29, 0.717) is 6.42 Å². The van der Waals surface area contributed by atoms with Gasteiger partial charge in [0.05, 0.1) is 12.9 Å². The molecule has 0 saturated heterocycles. The summed E-state index contributed by atoms with van der Waals surface area (Å²) in [4.78, 5) is 11.4. The molecule has 0 amide bonds. The van der Waals surface area contributed by atoms with Crippen LogP contribution in [0.3, 0.4) is 0 Å². The van der Waals surface area contributed by atoms with Crippen molar-refractivity contribution in [2.24, 2.45) is 5.18 Å². The van der Waals surface area contributed by atoms with Crippen molar-refractivity contribution in [2.75, 3.05) is 7.11 Å². The zero-order valence-corrected chi connectivity index (χ0v) is 10.8. The van der Waals surface area contributed by atoms with Crippen molar-refractivity contribution in [3.63, 3.8) is 0 Å². The van der Waals surface area contributed by atoms with E-state index in [1.165, 1.54) is 0 Å². The average molecular weight is 253 g/mol. The second kappa shape index (κ2) is 5.53. The molecule has 96 valence electrons. The van der Waals surface area contributed by atoms with Crippen LogP contribution in [0.25, 0.3) is 0 Å². The number of allylic oxidation sites excluding steroid dienone is 3. The molecule has 0 heterocycles. The maximum atomic E-state index is 11.4. The molecule has 1 aliphatic carbocycles. The fourth-order valence-corrected chi connectivity index (χ4v) is 2.27. The zero-order chi connectivity index (χ0) is 13.7. The Morgan fingerprint density at radius 3 is 2.47 bits per heavy atom. The molecule has 0 radical (unpaired) electrons. The second-order valence-corrected chi connectivity index (χ2v) is 4.34. The van der Waals surface area contributed by atoms with Crippen molar-refractivity contribution in [3.05, 3.63) is 64.3 Å². The molecule has 0 fully saturated rings. The Hall–Kier alpha value is -2.34. The minimum absolute atomic E-state index is 0.671. The molecule has 1 aromatic rings. The van der Waals surface area contributed by atoms with E-state index in [4.69, 9.17) is 11.2 Å². The van der Waals surface area contributed by atoms with Crippen molar-refractivity contribution < 1.29 is 4.74 Å². The fourth-order valence-electron chi connectivity index (χ4n) is 2.27. The fraction of sp³-hybridized carbons (Fsp3) is 0.250. The molecule has 0 bridgehead atoms. The van der Waals surface area contributed by atoms with Crippen LogP contribution in [0.4, 0.5) is 0 Å². The van der Waals surface area contributed by atoms with Crippen LogP contribution in [0.15, 0.2) is 59.0 Å². The predicted molar refractivity (Wildman–Crippen MR) is 75.2 cm³/mol. The first kappa shape index (κ1) is 13.1. The number of benzene rings is 1. The zero-order valence-electron chi connectivity index (χ0n) is 10.8. The maximum absolute atomic E-state index is 11.4. The third kappa shape index (κ3) is 2.30. The highest BCUT2D eigenvalue weighted by Gasteiger charge is 2.36. The van der Waals surface area contributed by atoms with Gasteiger partial charge in [-0.1, -0.05) is 42.3 Å². The van der Waals surface area contributed by atoms with E-state index in [2.05, 4.69) is 11.1 Å². The van der Waals surface area contributed by atoms with Crippen molar-refractivity contribution >= 4 is 0 Å². The quantitative estimate of drug-likeness (QED) is 0.608. The highest BCUT2D eigenvalue weighted by molar-refractivity contribution is 5.46. The largest absolute Gasteiger partial charge is 0.501 e. The summed E-state index contributed by atoms with van der Waals surface area (Å²) in [6, 6.07) is 9.25. The summed E-state index contributed by atoms with van der Waals surface area (Å²) in [7, 11) is 1.63. The summed E-state index contributed by atoms with van der Waals surface area (Å²) in [6.07, 6.45) is 10.7. The van der Waals surface area contributed by atoms with Crippen molar-refractivity contribution in [2.45, 2.75) is 18.4 Å². The molecule has 1 aliphatic rings. The molecular weight excluding hydrogens is 238 g/mol. The molecule has 0 N–H and O–H groups in total. The Balaban J connectivity index is 2.48. The van der Waals surface area contributed by atoms with Crippen LogP contribution in [0.2, 0.25) is 0 Å². The van der Waals surface area contributed by atoms with Gasteiger partial charge in [0.15, 0.2) is 0 Å². The lowest BCUT2D eigenvalue weighted by Gasteiger charge is -2.26.